The van der Waals surface area contributed by atoms with Crippen molar-refractivity contribution in [3.05, 3.63) is 78.9 Å². The molecule has 0 saturated heterocycles. The molecule has 3 aromatic rings. The summed E-state index contributed by atoms with van der Waals surface area (Å²) in [5, 5.41) is 0. The Labute approximate surface area is 259 Å². The number of hydrogen-bond acceptors (Lipinski definition) is 4. The topological polar surface area (TPSA) is 51.6 Å². The van der Waals surface area contributed by atoms with Crippen LogP contribution >= 0.6 is 0 Å². The first kappa shape index (κ1) is 37.4. The molecule has 0 unspecified atom stereocenters. The molecule has 234 valence electrons. The van der Waals surface area contributed by atoms with Crippen LogP contribution in [0.15, 0.2) is 0 Å². The molecule has 0 fully saturated rings. The van der Waals surface area contributed by atoms with Crippen molar-refractivity contribution < 1.29 is 0 Å². The van der Waals surface area contributed by atoms with Gasteiger partial charge in [0.1, 0.15) is 5.82 Å². The third-order valence-corrected chi connectivity index (χ3v) is 8.38. The Balaban J connectivity index is 0.000000317. The molecule has 0 aliphatic heterocycles. The van der Waals surface area contributed by atoms with E-state index in [2.05, 4.69) is 128 Å². The maximum Gasteiger partial charge on any atom is 0.125 e. The normalized spacial score (nSPS) is 11.3. The van der Waals surface area contributed by atoms with Crippen LogP contribution in [0.25, 0.3) is 0 Å². The van der Waals surface area contributed by atoms with Gasteiger partial charge in [-0.3, -0.25) is 9.97 Å². The summed E-state index contributed by atoms with van der Waals surface area (Å²) in [7, 11) is 0. The minimum absolute atomic E-state index is 0.491. The van der Waals surface area contributed by atoms with Gasteiger partial charge in [-0.2, -0.15) is 0 Å². The molecule has 3 heterocycles. The summed E-state index contributed by atoms with van der Waals surface area (Å²) >= 11 is 0. The van der Waals surface area contributed by atoms with Crippen molar-refractivity contribution in [1.29, 1.82) is 0 Å². The Morgan fingerprint density at radius 3 is 0.881 bits per heavy atom. The van der Waals surface area contributed by atoms with Crippen molar-refractivity contribution in [3.8, 4) is 0 Å². The molecule has 0 saturated carbocycles. The predicted molar refractivity (Wildman–Crippen MR) is 184 cm³/mol. The average Bonchev–Trinajstić information content (AvgIpc) is 2.86. The molecule has 0 aliphatic rings. The van der Waals surface area contributed by atoms with E-state index in [1.165, 1.54) is 67.4 Å². The molecule has 0 N–H and O–H groups in total. The highest BCUT2D eigenvalue weighted by Gasteiger charge is 2.17. The Morgan fingerprint density at radius 1 is 0.310 bits per heavy atom. The van der Waals surface area contributed by atoms with E-state index in [4.69, 9.17) is 9.97 Å². The summed E-state index contributed by atoms with van der Waals surface area (Å²) in [4.78, 5) is 18.2. The molecule has 0 aliphatic carbocycles. The third-order valence-electron chi connectivity index (χ3n) is 8.38. The van der Waals surface area contributed by atoms with Crippen molar-refractivity contribution in [2.24, 2.45) is 0 Å². The van der Waals surface area contributed by atoms with E-state index in [0.29, 0.717) is 29.6 Å². The number of pyridine rings is 2. The van der Waals surface area contributed by atoms with Gasteiger partial charge in [0.15, 0.2) is 0 Å². The smallest absolute Gasteiger partial charge is 0.125 e. The molecule has 0 radical (unpaired) electrons. The third kappa shape index (κ3) is 9.19. The zero-order valence-corrected chi connectivity index (χ0v) is 30.7. The predicted octanol–water partition coefficient (Wildman–Crippen LogP) is 11.0. The van der Waals surface area contributed by atoms with E-state index < -0.39 is 0 Å². The van der Waals surface area contributed by atoms with Crippen molar-refractivity contribution in [2.45, 2.75) is 161 Å². The second-order valence-corrected chi connectivity index (χ2v) is 13.6. The molecule has 4 heteroatoms. The van der Waals surface area contributed by atoms with Gasteiger partial charge in [0.05, 0.1) is 0 Å². The van der Waals surface area contributed by atoms with Gasteiger partial charge in [0.2, 0.25) is 0 Å². The van der Waals surface area contributed by atoms with E-state index in [1.807, 2.05) is 13.8 Å². The molecule has 0 bridgehead atoms. The van der Waals surface area contributed by atoms with Crippen LogP contribution in [0.1, 0.15) is 178 Å². The van der Waals surface area contributed by atoms with Crippen molar-refractivity contribution >= 4 is 0 Å². The first-order valence-electron chi connectivity index (χ1n) is 16.0. The van der Waals surface area contributed by atoms with Gasteiger partial charge >= 0.3 is 0 Å². The fraction of sp³-hybridized carbons (Fsp3) is 0.632. The largest absolute Gasteiger partial charge is 0.257 e. The molecule has 4 nitrogen and oxygen atoms in total. The summed E-state index contributed by atoms with van der Waals surface area (Å²) in [6.45, 7) is 41.3. The zero-order valence-electron chi connectivity index (χ0n) is 30.7. The van der Waals surface area contributed by atoms with Crippen LogP contribution in [0.5, 0.6) is 0 Å². The molecule has 0 atom stereocenters. The monoisotopic (exact) mass is 574 g/mol. The van der Waals surface area contributed by atoms with Gasteiger partial charge in [-0.05, 0) is 131 Å². The zero-order chi connectivity index (χ0) is 32.8. The van der Waals surface area contributed by atoms with Gasteiger partial charge in [-0.15, -0.1) is 0 Å². The number of aromatic nitrogens is 4. The van der Waals surface area contributed by atoms with Crippen molar-refractivity contribution in [1.82, 2.24) is 19.9 Å². The Morgan fingerprint density at radius 2 is 0.595 bits per heavy atom. The lowest BCUT2D eigenvalue weighted by Crippen LogP contribution is -2.07. The Hall–Kier alpha value is -2.62. The number of nitrogens with zero attached hydrogens (tertiary/aromatic N) is 4. The summed E-state index contributed by atoms with van der Waals surface area (Å²) < 4.78 is 0. The van der Waals surface area contributed by atoms with Crippen molar-refractivity contribution in [3.63, 3.8) is 0 Å². The van der Waals surface area contributed by atoms with E-state index in [0.717, 1.165) is 11.5 Å². The van der Waals surface area contributed by atoms with Crippen LogP contribution in [-0.4, -0.2) is 19.9 Å². The summed E-state index contributed by atoms with van der Waals surface area (Å²) in [5.41, 5.74) is 16.9. The number of hydrogen-bond donors (Lipinski definition) is 0. The minimum atomic E-state index is 0.491. The first-order chi connectivity index (χ1) is 19.2. The lowest BCUT2D eigenvalue weighted by Gasteiger charge is -2.20. The van der Waals surface area contributed by atoms with Crippen molar-refractivity contribution in [2.75, 3.05) is 0 Å². The van der Waals surface area contributed by atoms with Gasteiger partial charge < -0.3 is 0 Å². The second-order valence-electron chi connectivity index (χ2n) is 13.6. The molecule has 0 aromatic carbocycles. The minimum Gasteiger partial charge on any atom is -0.257 e. The van der Waals surface area contributed by atoms with E-state index in [-0.39, 0.29) is 0 Å². The van der Waals surface area contributed by atoms with Crippen LogP contribution in [0.3, 0.4) is 0 Å². The summed E-state index contributed by atoms with van der Waals surface area (Å²) in [6, 6.07) is 0. The fourth-order valence-electron chi connectivity index (χ4n) is 6.14. The highest BCUT2D eigenvalue weighted by Crippen LogP contribution is 2.31. The Bertz CT molecular complexity index is 1270. The van der Waals surface area contributed by atoms with Crippen LogP contribution in [-0.2, 0) is 0 Å². The average molecular weight is 575 g/mol. The molecular weight excluding hydrogens is 512 g/mol. The van der Waals surface area contributed by atoms with Crippen LogP contribution in [0.2, 0.25) is 0 Å². The van der Waals surface area contributed by atoms with Gasteiger partial charge in [-0.25, -0.2) is 9.97 Å². The molecule has 0 amide bonds. The van der Waals surface area contributed by atoms with Gasteiger partial charge in [0, 0.05) is 34.2 Å². The van der Waals surface area contributed by atoms with Gasteiger partial charge in [0.25, 0.3) is 0 Å². The van der Waals surface area contributed by atoms with Gasteiger partial charge in [-0.1, -0.05) is 69.2 Å². The highest BCUT2D eigenvalue weighted by atomic mass is 14.9. The van der Waals surface area contributed by atoms with E-state index in [1.54, 1.807) is 0 Å². The number of rotatable bonds is 5. The lowest BCUT2D eigenvalue weighted by atomic mass is 9.89. The quantitative estimate of drug-likeness (QED) is 0.304. The lowest BCUT2D eigenvalue weighted by molar-refractivity contribution is 0.767. The van der Waals surface area contributed by atoms with E-state index >= 15 is 0 Å². The maximum atomic E-state index is 4.71. The molecule has 0 spiro atoms. The SMILES string of the molecule is Cc1nc(C(C)C)c(C)c(C(C)C)c1C.Cc1nc(C(C)C)c(C)c(C(C)C)c1C.Cc1nc(C)c(C)c(C(C)C)n1. The molecule has 42 heavy (non-hydrogen) atoms. The number of aryl methyl sites for hydroxylation is 4. The molecular formula is C38H62N4. The van der Waals surface area contributed by atoms with Crippen LogP contribution in [0, 0.1) is 62.3 Å². The molecule has 3 rings (SSSR count). The fourth-order valence-corrected chi connectivity index (χ4v) is 6.14. The highest BCUT2D eigenvalue weighted by molar-refractivity contribution is 5.42. The van der Waals surface area contributed by atoms with Crippen LogP contribution in [0.4, 0.5) is 0 Å². The molecule has 3 aromatic heterocycles. The first-order valence-corrected chi connectivity index (χ1v) is 16.0. The summed E-state index contributed by atoms with van der Waals surface area (Å²) in [6.07, 6.45) is 0. The Kier molecular flexibility index (Phi) is 14.0. The summed E-state index contributed by atoms with van der Waals surface area (Å²) in [5.74, 6) is 3.57. The second kappa shape index (κ2) is 15.7. The maximum absolute atomic E-state index is 4.71. The van der Waals surface area contributed by atoms with E-state index in [9.17, 15) is 0 Å². The standard InChI is InChI=1S/2C14H23N.C10H16N2/c2*1-8(2)13-10(5)12(7)15-14(9(3)4)11(13)6;1-6(2)10-7(3)8(4)11-9(5)12-10/h2*8-9H,1-7H3;6H,1-5H3. The van der Waals surface area contributed by atoms with Crippen LogP contribution < -0.4 is 0 Å².